The maximum atomic E-state index is 11.8. The highest BCUT2D eigenvalue weighted by Gasteiger charge is 2.41. The number of nitrogens with zero attached hydrogens (tertiary/aromatic N) is 1. The van der Waals surface area contributed by atoms with Gasteiger partial charge in [-0.2, -0.15) is 0 Å². The Hall–Kier alpha value is -0.610. The number of primary amides is 1. The summed E-state index contributed by atoms with van der Waals surface area (Å²) in [6.07, 6.45) is 10.8. The van der Waals surface area contributed by atoms with E-state index in [4.69, 9.17) is 5.73 Å². The van der Waals surface area contributed by atoms with E-state index in [2.05, 4.69) is 10.2 Å². The largest absolute Gasteiger partial charge is 0.368 e. The Kier molecular flexibility index (Phi) is 5.22. The first kappa shape index (κ1) is 14.8. The van der Waals surface area contributed by atoms with Crippen LogP contribution in [0.5, 0.6) is 0 Å². The zero-order valence-electron chi connectivity index (χ0n) is 12.3. The molecule has 1 aliphatic heterocycles. The monoisotopic (exact) mass is 267 g/mol. The van der Waals surface area contributed by atoms with Gasteiger partial charge in [0.25, 0.3) is 0 Å². The number of carbonyl (C=O) groups excluding carboxylic acids is 1. The first-order valence-electron chi connectivity index (χ1n) is 7.91. The maximum Gasteiger partial charge on any atom is 0.237 e. The van der Waals surface area contributed by atoms with Gasteiger partial charge in [-0.3, -0.25) is 4.79 Å². The highest BCUT2D eigenvalue weighted by Crippen LogP contribution is 2.31. The predicted octanol–water partition coefficient (Wildman–Crippen LogP) is 1.64. The number of likely N-dealkylation sites (N-methyl/N-ethyl adjacent to an activating group) is 1. The molecule has 110 valence electrons. The molecule has 19 heavy (non-hydrogen) atoms. The summed E-state index contributed by atoms with van der Waals surface area (Å²) in [5.41, 5.74) is 5.17. The van der Waals surface area contributed by atoms with Crippen molar-refractivity contribution in [3.63, 3.8) is 0 Å². The molecule has 0 spiro atoms. The van der Waals surface area contributed by atoms with Crippen molar-refractivity contribution in [2.75, 3.05) is 20.1 Å². The molecule has 4 heteroatoms. The molecule has 0 aromatic rings. The van der Waals surface area contributed by atoms with Crippen LogP contribution in [-0.4, -0.2) is 42.5 Å². The minimum absolute atomic E-state index is 0.174. The van der Waals surface area contributed by atoms with Crippen LogP contribution in [0.25, 0.3) is 0 Å². The quantitative estimate of drug-likeness (QED) is 0.817. The molecule has 0 radical (unpaired) electrons. The lowest BCUT2D eigenvalue weighted by Crippen LogP contribution is -2.59. The molecule has 2 unspecified atom stereocenters. The van der Waals surface area contributed by atoms with Crippen LogP contribution in [0.2, 0.25) is 0 Å². The normalized spacial score (nSPS) is 34.5. The van der Waals surface area contributed by atoms with Crippen LogP contribution in [0.15, 0.2) is 0 Å². The average molecular weight is 267 g/mol. The summed E-state index contributed by atoms with van der Waals surface area (Å²) < 4.78 is 0. The molecule has 1 saturated carbocycles. The Bertz CT molecular complexity index is 300. The number of amides is 1. The van der Waals surface area contributed by atoms with Crippen molar-refractivity contribution < 1.29 is 4.79 Å². The fraction of sp³-hybridized carbons (Fsp3) is 0.933. The molecule has 1 amide bonds. The van der Waals surface area contributed by atoms with E-state index in [-0.39, 0.29) is 5.91 Å². The summed E-state index contributed by atoms with van der Waals surface area (Å²) in [6, 6.07) is 0.534. The maximum absolute atomic E-state index is 11.8. The number of hydrogen-bond acceptors (Lipinski definition) is 3. The molecule has 2 atom stereocenters. The van der Waals surface area contributed by atoms with E-state index in [0.29, 0.717) is 6.04 Å². The lowest BCUT2D eigenvalue weighted by molar-refractivity contribution is -0.126. The second kappa shape index (κ2) is 6.71. The van der Waals surface area contributed by atoms with Crippen LogP contribution >= 0.6 is 0 Å². The fourth-order valence-corrected chi connectivity index (χ4v) is 3.77. The van der Waals surface area contributed by atoms with Gasteiger partial charge < -0.3 is 16.0 Å². The van der Waals surface area contributed by atoms with Crippen LogP contribution in [0.3, 0.4) is 0 Å². The minimum atomic E-state index is -0.467. The molecule has 0 aromatic carbocycles. The molecule has 1 heterocycles. The standard InChI is InChI=1S/C15H29N3O/c1-17-15(14(16)19)9-7-8-13(12-15)18-10-5-3-2-4-6-11-18/h13,17H,2-12H2,1H3,(H2,16,19). The molecule has 0 bridgehead atoms. The third-order valence-corrected chi connectivity index (χ3v) is 5.08. The number of nitrogens with two attached hydrogens (primary N) is 1. The smallest absolute Gasteiger partial charge is 0.237 e. The molecular formula is C15H29N3O. The highest BCUT2D eigenvalue weighted by atomic mass is 16.1. The second-order valence-corrected chi connectivity index (χ2v) is 6.25. The summed E-state index contributed by atoms with van der Waals surface area (Å²) >= 11 is 0. The van der Waals surface area contributed by atoms with Gasteiger partial charge >= 0.3 is 0 Å². The number of nitrogens with one attached hydrogen (secondary N) is 1. The Labute approximate surface area is 117 Å². The van der Waals surface area contributed by atoms with Crippen molar-refractivity contribution in [3.05, 3.63) is 0 Å². The number of rotatable bonds is 3. The Morgan fingerprint density at radius 2 is 1.79 bits per heavy atom. The van der Waals surface area contributed by atoms with E-state index in [0.717, 1.165) is 19.3 Å². The van der Waals surface area contributed by atoms with Gasteiger partial charge in [-0.15, -0.1) is 0 Å². The Morgan fingerprint density at radius 1 is 1.16 bits per heavy atom. The van der Waals surface area contributed by atoms with Gasteiger partial charge in [-0.1, -0.05) is 19.3 Å². The van der Waals surface area contributed by atoms with E-state index < -0.39 is 5.54 Å². The second-order valence-electron chi connectivity index (χ2n) is 6.25. The molecule has 2 rings (SSSR count). The summed E-state index contributed by atoms with van der Waals surface area (Å²) in [7, 11) is 1.88. The van der Waals surface area contributed by atoms with E-state index in [1.54, 1.807) is 0 Å². The molecule has 0 aromatic heterocycles. The van der Waals surface area contributed by atoms with Gasteiger partial charge in [0.1, 0.15) is 0 Å². The van der Waals surface area contributed by atoms with Crippen LogP contribution in [0.4, 0.5) is 0 Å². The SMILES string of the molecule is CNC1(C(N)=O)CCCC(N2CCCCCCC2)C1. The van der Waals surface area contributed by atoms with Crippen molar-refractivity contribution in [3.8, 4) is 0 Å². The molecule has 3 N–H and O–H groups in total. The molecule has 1 aliphatic carbocycles. The molecular weight excluding hydrogens is 238 g/mol. The van der Waals surface area contributed by atoms with E-state index in [1.165, 1.54) is 51.6 Å². The van der Waals surface area contributed by atoms with Crippen molar-refractivity contribution in [2.24, 2.45) is 5.73 Å². The number of likely N-dealkylation sites (tertiary alicyclic amines) is 1. The van der Waals surface area contributed by atoms with Crippen molar-refractivity contribution in [1.29, 1.82) is 0 Å². The topological polar surface area (TPSA) is 58.4 Å². The van der Waals surface area contributed by atoms with Gasteiger partial charge in [-0.25, -0.2) is 0 Å². The van der Waals surface area contributed by atoms with Crippen LogP contribution in [-0.2, 0) is 4.79 Å². The summed E-state index contributed by atoms with van der Waals surface area (Å²) in [5.74, 6) is -0.174. The van der Waals surface area contributed by atoms with Gasteiger partial charge in [0.2, 0.25) is 5.91 Å². The average Bonchev–Trinajstić information content (AvgIpc) is 2.38. The van der Waals surface area contributed by atoms with Gasteiger partial charge in [0, 0.05) is 6.04 Å². The summed E-state index contributed by atoms with van der Waals surface area (Å²) in [4.78, 5) is 14.4. The highest BCUT2D eigenvalue weighted by molar-refractivity contribution is 5.84. The number of hydrogen-bond donors (Lipinski definition) is 2. The molecule has 4 nitrogen and oxygen atoms in total. The van der Waals surface area contributed by atoms with Gasteiger partial charge in [0.05, 0.1) is 5.54 Å². The summed E-state index contributed by atoms with van der Waals surface area (Å²) in [5, 5.41) is 3.21. The van der Waals surface area contributed by atoms with E-state index >= 15 is 0 Å². The minimum Gasteiger partial charge on any atom is -0.368 e. The number of carbonyl (C=O) groups is 1. The lowest BCUT2D eigenvalue weighted by atomic mass is 9.77. The van der Waals surface area contributed by atoms with E-state index in [9.17, 15) is 4.79 Å². The van der Waals surface area contributed by atoms with E-state index in [1.807, 2.05) is 7.05 Å². The molecule has 2 aliphatic rings. The third-order valence-electron chi connectivity index (χ3n) is 5.08. The van der Waals surface area contributed by atoms with Crippen molar-refractivity contribution in [1.82, 2.24) is 10.2 Å². The predicted molar refractivity (Wildman–Crippen MR) is 77.9 cm³/mol. The molecule has 2 fully saturated rings. The zero-order chi connectivity index (χ0) is 13.7. The molecule has 1 saturated heterocycles. The lowest BCUT2D eigenvalue weighted by Gasteiger charge is -2.43. The van der Waals surface area contributed by atoms with Gasteiger partial charge in [-0.05, 0) is 58.7 Å². The van der Waals surface area contributed by atoms with Crippen LogP contribution in [0.1, 0.15) is 57.8 Å². The summed E-state index contributed by atoms with van der Waals surface area (Å²) in [6.45, 7) is 2.40. The Morgan fingerprint density at radius 3 is 2.37 bits per heavy atom. The van der Waals surface area contributed by atoms with Crippen LogP contribution < -0.4 is 11.1 Å². The third kappa shape index (κ3) is 3.48. The van der Waals surface area contributed by atoms with Crippen molar-refractivity contribution in [2.45, 2.75) is 69.4 Å². The first-order chi connectivity index (χ1) is 9.18. The van der Waals surface area contributed by atoms with Gasteiger partial charge in [0.15, 0.2) is 0 Å². The Balaban J connectivity index is 2.00. The first-order valence-corrected chi connectivity index (χ1v) is 7.91. The fourth-order valence-electron chi connectivity index (χ4n) is 3.77. The van der Waals surface area contributed by atoms with Crippen LogP contribution in [0, 0.1) is 0 Å². The zero-order valence-corrected chi connectivity index (χ0v) is 12.3. The van der Waals surface area contributed by atoms with Crippen molar-refractivity contribution >= 4 is 5.91 Å².